The van der Waals surface area contributed by atoms with E-state index < -0.39 is 5.97 Å². The second-order valence-electron chi connectivity index (χ2n) is 6.13. The van der Waals surface area contributed by atoms with Gasteiger partial charge in [-0.15, -0.1) is 0 Å². The minimum absolute atomic E-state index is 0.204. The highest BCUT2D eigenvalue weighted by Gasteiger charge is 2.23. The topological polar surface area (TPSA) is 84.9 Å². The van der Waals surface area contributed by atoms with E-state index in [-0.39, 0.29) is 12.5 Å². The minimum atomic E-state index is -0.516. The summed E-state index contributed by atoms with van der Waals surface area (Å²) in [5.74, 6) is -0.0605. The van der Waals surface area contributed by atoms with Gasteiger partial charge in [0.25, 0.3) is 5.91 Å². The van der Waals surface area contributed by atoms with E-state index in [1.54, 1.807) is 48.7 Å². The summed E-state index contributed by atoms with van der Waals surface area (Å²) in [6.45, 7) is 2.51. The Morgan fingerprint density at radius 1 is 1.07 bits per heavy atom. The first kappa shape index (κ1) is 18.8. The molecule has 0 radical (unpaired) electrons. The maximum Gasteiger partial charge on any atom is 0.338 e. The van der Waals surface area contributed by atoms with Crippen molar-refractivity contribution in [3.8, 4) is 0 Å². The molecule has 27 heavy (non-hydrogen) atoms. The number of ether oxygens (including phenoxy) is 2. The summed E-state index contributed by atoms with van der Waals surface area (Å²) >= 11 is 0. The zero-order valence-electron chi connectivity index (χ0n) is 15.2. The Balaban J connectivity index is 1.47. The quantitative estimate of drug-likeness (QED) is 0.705. The molecule has 1 aromatic carbocycles. The number of hydrogen-bond donors (Lipinski definition) is 0. The molecule has 2 heterocycles. The van der Waals surface area contributed by atoms with Crippen LogP contribution in [0.2, 0.25) is 0 Å². The number of esters is 1. The number of rotatable bonds is 6. The van der Waals surface area contributed by atoms with Crippen molar-refractivity contribution in [3.05, 3.63) is 53.9 Å². The Hall–Kier alpha value is -3.00. The van der Waals surface area contributed by atoms with E-state index in [4.69, 9.17) is 9.47 Å². The zero-order valence-corrected chi connectivity index (χ0v) is 15.2. The Labute approximate surface area is 157 Å². The second-order valence-corrected chi connectivity index (χ2v) is 6.13. The summed E-state index contributed by atoms with van der Waals surface area (Å²) in [6, 6.07) is 8.75. The van der Waals surface area contributed by atoms with Crippen molar-refractivity contribution >= 4 is 17.8 Å². The molecule has 1 saturated heterocycles. The fourth-order valence-electron chi connectivity index (χ4n) is 2.87. The first-order chi connectivity index (χ1) is 13.2. The van der Waals surface area contributed by atoms with Crippen LogP contribution < -0.4 is 4.90 Å². The average molecular weight is 370 g/mol. The van der Waals surface area contributed by atoms with E-state index in [2.05, 4.69) is 9.97 Å². The first-order valence-electron chi connectivity index (χ1n) is 8.72. The van der Waals surface area contributed by atoms with Crippen LogP contribution in [0, 0.1) is 0 Å². The molecule has 1 aromatic heterocycles. The monoisotopic (exact) mass is 370 g/mol. The number of benzene rings is 1. The smallest absolute Gasteiger partial charge is 0.338 e. The largest absolute Gasteiger partial charge is 0.452 e. The molecule has 1 fully saturated rings. The number of nitrogens with zero attached hydrogens (tertiary/aromatic N) is 4. The molecule has 0 N–H and O–H groups in total. The lowest BCUT2D eigenvalue weighted by Crippen LogP contribution is -2.50. The molecular formula is C19H22N4O4. The van der Waals surface area contributed by atoms with Crippen LogP contribution in [0.5, 0.6) is 0 Å². The molecule has 142 valence electrons. The fraction of sp³-hybridized carbons (Fsp3) is 0.368. The first-order valence-corrected chi connectivity index (χ1v) is 8.72. The van der Waals surface area contributed by atoms with Crippen molar-refractivity contribution in [1.29, 1.82) is 0 Å². The Morgan fingerprint density at radius 2 is 1.81 bits per heavy atom. The van der Waals surface area contributed by atoms with E-state index in [9.17, 15) is 9.59 Å². The van der Waals surface area contributed by atoms with Crippen LogP contribution in [0.25, 0.3) is 0 Å². The fourth-order valence-corrected chi connectivity index (χ4v) is 2.87. The standard InChI is InChI=1S/C19H22N4O4/c1-26-13-15-4-2-5-16(12-15)18(25)27-14-17(24)22-8-10-23(11-9-22)19-20-6-3-7-21-19/h2-7,12H,8-11,13-14H2,1H3. The Morgan fingerprint density at radius 3 is 2.52 bits per heavy atom. The zero-order chi connectivity index (χ0) is 19.1. The molecule has 0 atom stereocenters. The number of piperazine rings is 1. The van der Waals surface area contributed by atoms with Crippen molar-refractivity contribution in [3.63, 3.8) is 0 Å². The average Bonchev–Trinajstić information content (AvgIpc) is 2.73. The van der Waals surface area contributed by atoms with Gasteiger partial charge in [-0.1, -0.05) is 12.1 Å². The summed E-state index contributed by atoms with van der Waals surface area (Å²) in [5, 5.41) is 0. The van der Waals surface area contributed by atoms with Gasteiger partial charge in [-0.2, -0.15) is 0 Å². The molecular weight excluding hydrogens is 348 g/mol. The van der Waals surface area contributed by atoms with Crippen LogP contribution >= 0.6 is 0 Å². The minimum Gasteiger partial charge on any atom is -0.452 e. The van der Waals surface area contributed by atoms with Gasteiger partial charge in [0.1, 0.15) is 0 Å². The highest BCUT2D eigenvalue weighted by atomic mass is 16.5. The van der Waals surface area contributed by atoms with Crippen LogP contribution in [0.15, 0.2) is 42.7 Å². The van der Waals surface area contributed by atoms with Crippen LogP contribution in [0.4, 0.5) is 5.95 Å². The van der Waals surface area contributed by atoms with Gasteiger partial charge in [0.05, 0.1) is 12.2 Å². The maximum atomic E-state index is 12.3. The predicted octanol–water partition coefficient (Wildman–Crippen LogP) is 1.13. The van der Waals surface area contributed by atoms with Gasteiger partial charge in [0.2, 0.25) is 5.95 Å². The number of methoxy groups -OCH3 is 1. The molecule has 0 saturated carbocycles. The van der Waals surface area contributed by atoms with Crippen LogP contribution in [0.1, 0.15) is 15.9 Å². The van der Waals surface area contributed by atoms with E-state index in [1.807, 2.05) is 11.0 Å². The van der Waals surface area contributed by atoms with Gasteiger partial charge in [-0.3, -0.25) is 4.79 Å². The summed E-state index contributed by atoms with van der Waals surface area (Å²) < 4.78 is 10.2. The number of anilines is 1. The Bertz CT molecular complexity index is 776. The van der Waals surface area contributed by atoms with Gasteiger partial charge in [0.15, 0.2) is 6.61 Å². The predicted molar refractivity (Wildman–Crippen MR) is 98.3 cm³/mol. The highest BCUT2D eigenvalue weighted by molar-refractivity contribution is 5.91. The summed E-state index contributed by atoms with van der Waals surface area (Å²) in [4.78, 5) is 36.6. The highest BCUT2D eigenvalue weighted by Crippen LogP contribution is 2.11. The molecule has 8 heteroatoms. The molecule has 0 spiro atoms. The summed E-state index contributed by atoms with van der Waals surface area (Å²) in [7, 11) is 1.59. The third-order valence-electron chi connectivity index (χ3n) is 4.27. The maximum absolute atomic E-state index is 12.3. The molecule has 1 amide bonds. The lowest BCUT2D eigenvalue weighted by molar-refractivity contribution is -0.134. The van der Waals surface area contributed by atoms with Gasteiger partial charge < -0.3 is 19.3 Å². The third kappa shape index (κ3) is 5.01. The number of amides is 1. The molecule has 1 aliphatic rings. The van der Waals surface area contributed by atoms with E-state index in [0.29, 0.717) is 44.3 Å². The van der Waals surface area contributed by atoms with Crippen molar-refractivity contribution in [2.75, 3.05) is 44.8 Å². The van der Waals surface area contributed by atoms with Crippen molar-refractivity contribution in [2.24, 2.45) is 0 Å². The lowest BCUT2D eigenvalue weighted by Gasteiger charge is -2.34. The lowest BCUT2D eigenvalue weighted by atomic mass is 10.1. The molecule has 0 unspecified atom stereocenters. The Kier molecular flexibility index (Phi) is 6.32. The second kappa shape index (κ2) is 9.09. The van der Waals surface area contributed by atoms with E-state index in [1.165, 1.54) is 0 Å². The number of hydrogen-bond acceptors (Lipinski definition) is 7. The SMILES string of the molecule is COCc1cccc(C(=O)OCC(=O)N2CCN(c3ncccn3)CC2)c1. The van der Waals surface area contributed by atoms with E-state index in [0.717, 1.165) is 5.56 Å². The third-order valence-corrected chi connectivity index (χ3v) is 4.27. The molecule has 3 rings (SSSR count). The molecule has 2 aromatic rings. The van der Waals surface area contributed by atoms with Crippen molar-refractivity contribution in [2.45, 2.75) is 6.61 Å². The van der Waals surface area contributed by atoms with Crippen molar-refractivity contribution in [1.82, 2.24) is 14.9 Å². The number of aromatic nitrogens is 2. The van der Waals surface area contributed by atoms with Crippen LogP contribution in [-0.2, 0) is 20.9 Å². The van der Waals surface area contributed by atoms with Crippen LogP contribution in [-0.4, -0.2) is 66.6 Å². The van der Waals surface area contributed by atoms with Crippen LogP contribution in [0.3, 0.4) is 0 Å². The summed E-state index contributed by atoms with van der Waals surface area (Å²) in [5.41, 5.74) is 1.28. The molecule has 0 aliphatic carbocycles. The van der Waals surface area contributed by atoms with Gasteiger partial charge in [-0.25, -0.2) is 14.8 Å². The molecule has 8 nitrogen and oxygen atoms in total. The van der Waals surface area contributed by atoms with Gasteiger partial charge >= 0.3 is 5.97 Å². The normalized spacial score (nSPS) is 14.1. The molecule has 1 aliphatic heterocycles. The van der Waals surface area contributed by atoms with E-state index >= 15 is 0 Å². The van der Waals surface area contributed by atoms with Gasteiger partial charge in [0, 0.05) is 45.7 Å². The number of carbonyl (C=O) groups is 2. The summed E-state index contributed by atoms with van der Waals surface area (Å²) in [6.07, 6.45) is 3.39. The molecule has 0 bridgehead atoms. The number of carbonyl (C=O) groups excluding carboxylic acids is 2. The van der Waals surface area contributed by atoms with Gasteiger partial charge in [-0.05, 0) is 23.8 Å². The van der Waals surface area contributed by atoms with Crippen molar-refractivity contribution < 1.29 is 19.1 Å².